The summed E-state index contributed by atoms with van der Waals surface area (Å²) < 4.78 is 39.7. The Bertz CT molecular complexity index is 1130. The van der Waals surface area contributed by atoms with Gasteiger partial charge in [0.05, 0.1) is 16.8 Å². The number of anilines is 1. The molecule has 1 aliphatic rings. The van der Waals surface area contributed by atoms with Crippen molar-refractivity contribution in [1.29, 1.82) is 0 Å². The second-order valence-corrected chi connectivity index (χ2v) is 8.05. The molecule has 0 amide bonds. The highest BCUT2D eigenvalue weighted by Gasteiger charge is 2.32. The van der Waals surface area contributed by atoms with Gasteiger partial charge in [-0.1, -0.05) is 12.1 Å². The van der Waals surface area contributed by atoms with Gasteiger partial charge in [-0.05, 0) is 61.4 Å². The lowest BCUT2D eigenvalue weighted by molar-refractivity contribution is -0.138. The Morgan fingerprint density at radius 3 is 2.58 bits per heavy atom. The van der Waals surface area contributed by atoms with E-state index in [2.05, 4.69) is 20.5 Å². The Labute approximate surface area is 178 Å². The van der Waals surface area contributed by atoms with Crippen LogP contribution in [0.1, 0.15) is 59.5 Å². The average molecular weight is 428 g/mol. The average Bonchev–Trinajstić information content (AvgIpc) is 2.73. The second kappa shape index (κ2) is 8.24. The molecule has 5 nitrogen and oxygen atoms in total. The summed E-state index contributed by atoms with van der Waals surface area (Å²) in [5, 5.41) is 12.3. The first-order valence-electron chi connectivity index (χ1n) is 10.3. The van der Waals surface area contributed by atoms with Crippen LogP contribution in [0.25, 0.3) is 10.9 Å². The van der Waals surface area contributed by atoms with Crippen LogP contribution < -0.4 is 5.32 Å². The van der Waals surface area contributed by atoms with Crippen LogP contribution in [0.5, 0.6) is 0 Å². The molecule has 1 aromatic carbocycles. The smallest absolute Gasteiger partial charge is 0.364 e. The largest absolute Gasteiger partial charge is 0.416 e. The SMILES string of the molecule is Cc1c(CNc2nnc(C)c3ncc(C4CCC(=O)CC4)cc23)cccc1C(F)(F)F. The molecule has 1 N–H and O–H groups in total. The normalized spacial score (nSPS) is 15.5. The van der Waals surface area contributed by atoms with Crippen molar-refractivity contribution < 1.29 is 18.0 Å². The summed E-state index contributed by atoms with van der Waals surface area (Å²) in [6.07, 6.45) is 0.201. The van der Waals surface area contributed by atoms with Gasteiger partial charge in [-0.2, -0.15) is 18.3 Å². The number of halogens is 3. The molecule has 2 aromatic heterocycles. The fourth-order valence-electron chi connectivity index (χ4n) is 4.16. The first-order chi connectivity index (χ1) is 14.7. The molecular formula is C23H23F3N4O. The van der Waals surface area contributed by atoms with E-state index < -0.39 is 11.7 Å². The molecule has 0 aliphatic heterocycles. The highest BCUT2D eigenvalue weighted by Crippen LogP contribution is 2.35. The molecule has 1 saturated carbocycles. The van der Waals surface area contributed by atoms with Crippen LogP contribution in [0, 0.1) is 13.8 Å². The predicted molar refractivity (Wildman–Crippen MR) is 112 cm³/mol. The van der Waals surface area contributed by atoms with E-state index in [1.807, 2.05) is 19.2 Å². The van der Waals surface area contributed by atoms with Gasteiger partial charge in [-0.25, -0.2) is 0 Å². The number of rotatable bonds is 4. The molecule has 8 heteroatoms. The number of ketones is 1. The number of fused-ring (bicyclic) bond motifs is 1. The zero-order chi connectivity index (χ0) is 22.2. The van der Waals surface area contributed by atoms with Gasteiger partial charge in [0.1, 0.15) is 5.78 Å². The van der Waals surface area contributed by atoms with E-state index in [4.69, 9.17) is 0 Å². The summed E-state index contributed by atoms with van der Waals surface area (Å²) in [4.78, 5) is 16.1. The standard InChI is InChI=1S/C23H23F3N4O/c1-13-16(4-3-5-20(13)23(24,25)26)11-28-22-19-10-17(15-6-8-18(31)9-7-15)12-27-21(19)14(2)29-30-22/h3-5,10,12,15H,6-9,11H2,1-2H3,(H,28,30). The van der Waals surface area contributed by atoms with E-state index in [1.54, 1.807) is 6.07 Å². The predicted octanol–water partition coefficient (Wildman–Crippen LogP) is 5.50. The molecule has 2 heterocycles. The summed E-state index contributed by atoms with van der Waals surface area (Å²) in [6, 6.07) is 6.19. The Morgan fingerprint density at radius 1 is 1.13 bits per heavy atom. The first-order valence-corrected chi connectivity index (χ1v) is 10.3. The molecule has 0 unspecified atom stereocenters. The summed E-state index contributed by atoms with van der Waals surface area (Å²) in [5.74, 6) is 1.05. The fraction of sp³-hybridized carbons (Fsp3) is 0.391. The molecular weight excluding hydrogens is 405 g/mol. The lowest BCUT2D eigenvalue weighted by atomic mass is 9.84. The molecule has 4 rings (SSSR count). The highest BCUT2D eigenvalue weighted by molar-refractivity contribution is 5.90. The molecule has 0 bridgehead atoms. The summed E-state index contributed by atoms with van der Waals surface area (Å²) in [6.45, 7) is 3.48. The van der Waals surface area contributed by atoms with Crippen molar-refractivity contribution in [2.24, 2.45) is 0 Å². The van der Waals surface area contributed by atoms with Gasteiger partial charge in [0.25, 0.3) is 0 Å². The number of hydrogen-bond acceptors (Lipinski definition) is 5. The van der Waals surface area contributed by atoms with Crippen LogP contribution in [0.4, 0.5) is 19.0 Å². The molecule has 0 atom stereocenters. The van der Waals surface area contributed by atoms with Crippen molar-refractivity contribution in [3.63, 3.8) is 0 Å². The number of pyridine rings is 1. The van der Waals surface area contributed by atoms with E-state index in [1.165, 1.54) is 13.0 Å². The minimum absolute atomic E-state index is 0.185. The van der Waals surface area contributed by atoms with Gasteiger partial charge in [-0.3, -0.25) is 9.78 Å². The van der Waals surface area contributed by atoms with E-state index in [9.17, 15) is 18.0 Å². The van der Waals surface area contributed by atoms with Crippen molar-refractivity contribution in [3.8, 4) is 0 Å². The minimum Gasteiger partial charge on any atom is -0.364 e. The van der Waals surface area contributed by atoms with E-state index in [0.29, 0.717) is 41.2 Å². The van der Waals surface area contributed by atoms with Crippen LogP contribution in [0.2, 0.25) is 0 Å². The molecule has 1 aliphatic carbocycles. The Kier molecular flexibility index (Phi) is 5.64. The van der Waals surface area contributed by atoms with Crippen LogP contribution in [0.3, 0.4) is 0 Å². The summed E-state index contributed by atoms with van der Waals surface area (Å²) in [5.41, 5.74) is 2.53. The number of Topliss-reactive ketones (excluding diaryl/α,β-unsaturated/α-hetero) is 1. The quantitative estimate of drug-likeness (QED) is 0.594. The number of alkyl halides is 3. The maximum absolute atomic E-state index is 13.2. The second-order valence-electron chi connectivity index (χ2n) is 8.05. The maximum Gasteiger partial charge on any atom is 0.416 e. The lowest BCUT2D eigenvalue weighted by Gasteiger charge is -2.21. The van der Waals surface area contributed by atoms with Gasteiger partial charge >= 0.3 is 6.18 Å². The Morgan fingerprint density at radius 2 is 1.87 bits per heavy atom. The zero-order valence-electron chi connectivity index (χ0n) is 17.4. The third-order valence-electron chi connectivity index (χ3n) is 6.02. The fourth-order valence-corrected chi connectivity index (χ4v) is 4.16. The molecule has 0 saturated heterocycles. The minimum atomic E-state index is -4.39. The summed E-state index contributed by atoms with van der Waals surface area (Å²) >= 11 is 0. The van der Waals surface area contributed by atoms with Crippen molar-refractivity contribution in [3.05, 3.63) is 58.4 Å². The highest BCUT2D eigenvalue weighted by atomic mass is 19.4. The number of aromatic nitrogens is 3. The first kappa shape index (κ1) is 21.2. The van der Waals surface area contributed by atoms with E-state index >= 15 is 0 Å². The van der Waals surface area contributed by atoms with Crippen LogP contribution in [0.15, 0.2) is 30.5 Å². The van der Waals surface area contributed by atoms with Crippen LogP contribution in [-0.2, 0) is 17.5 Å². The lowest BCUT2D eigenvalue weighted by Crippen LogP contribution is -2.13. The molecule has 0 spiro atoms. The number of carbonyl (C=O) groups excluding carboxylic acids is 1. The van der Waals surface area contributed by atoms with Crippen molar-refractivity contribution in [2.75, 3.05) is 5.32 Å². The van der Waals surface area contributed by atoms with Crippen molar-refractivity contribution in [2.45, 2.75) is 58.2 Å². The van der Waals surface area contributed by atoms with Crippen molar-refractivity contribution >= 4 is 22.5 Å². The number of hydrogen-bond donors (Lipinski definition) is 1. The molecule has 162 valence electrons. The zero-order valence-corrected chi connectivity index (χ0v) is 17.4. The molecule has 1 fully saturated rings. The van der Waals surface area contributed by atoms with Crippen LogP contribution in [-0.4, -0.2) is 21.0 Å². The van der Waals surface area contributed by atoms with Gasteiger partial charge in [0, 0.05) is 31.0 Å². The maximum atomic E-state index is 13.2. The molecule has 31 heavy (non-hydrogen) atoms. The third kappa shape index (κ3) is 4.38. The van der Waals surface area contributed by atoms with Crippen LogP contribution >= 0.6 is 0 Å². The Balaban J connectivity index is 1.64. The number of benzene rings is 1. The number of nitrogens with zero attached hydrogens (tertiary/aromatic N) is 3. The number of carbonyl (C=O) groups is 1. The monoisotopic (exact) mass is 428 g/mol. The topological polar surface area (TPSA) is 67.8 Å². The Hall–Kier alpha value is -3.03. The summed E-state index contributed by atoms with van der Waals surface area (Å²) in [7, 11) is 0. The molecule has 3 aromatic rings. The van der Waals surface area contributed by atoms with E-state index in [-0.39, 0.29) is 18.0 Å². The number of nitrogens with one attached hydrogen (secondary N) is 1. The van der Waals surface area contributed by atoms with Gasteiger partial charge in [0.15, 0.2) is 5.82 Å². The molecule has 0 radical (unpaired) electrons. The van der Waals surface area contributed by atoms with Gasteiger partial charge < -0.3 is 5.32 Å². The van der Waals surface area contributed by atoms with Gasteiger partial charge in [0.2, 0.25) is 0 Å². The number of aryl methyl sites for hydroxylation is 1. The van der Waals surface area contributed by atoms with E-state index in [0.717, 1.165) is 29.9 Å². The van der Waals surface area contributed by atoms with Gasteiger partial charge in [-0.15, -0.1) is 5.10 Å². The third-order valence-corrected chi connectivity index (χ3v) is 6.02. The van der Waals surface area contributed by atoms with Crippen molar-refractivity contribution in [1.82, 2.24) is 15.2 Å².